The van der Waals surface area contributed by atoms with E-state index in [9.17, 15) is 0 Å². The summed E-state index contributed by atoms with van der Waals surface area (Å²) >= 11 is 5.70. The number of nitrogens with one attached hydrogen (secondary N) is 1. The van der Waals surface area contributed by atoms with Gasteiger partial charge in [-0.2, -0.15) is 5.10 Å². The molecule has 80 valence electrons. The van der Waals surface area contributed by atoms with Gasteiger partial charge >= 0.3 is 0 Å². The van der Waals surface area contributed by atoms with Crippen LogP contribution in [0.25, 0.3) is 0 Å². The van der Waals surface area contributed by atoms with Crippen LogP contribution in [-0.4, -0.2) is 28.2 Å². The molecule has 0 saturated carbocycles. The molecule has 0 spiro atoms. The summed E-state index contributed by atoms with van der Waals surface area (Å²) in [6, 6.07) is 2.49. The van der Waals surface area contributed by atoms with E-state index in [2.05, 4.69) is 17.3 Å². The third kappa shape index (κ3) is 4.11. The molecule has 1 unspecified atom stereocenters. The maximum Gasteiger partial charge on any atom is 0.0534 e. The molecule has 0 radical (unpaired) electrons. The van der Waals surface area contributed by atoms with Gasteiger partial charge in [0.15, 0.2) is 0 Å². The van der Waals surface area contributed by atoms with E-state index in [4.69, 9.17) is 11.6 Å². The first kappa shape index (κ1) is 11.5. The molecule has 1 N–H and O–H groups in total. The van der Waals surface area contributed by atoms with E-state index in [0.29, 0.717) is 6.04 Å². The Morgan fingerprint density at radius 3 is 3.00 bits per heavy atom. The number of nitrogens with zero attached hydrogens (tertiary/aromatic N) is 2. The summed E-state index contributed by atoms with van der Waals surface area (Å²) in [6.07, 6.45) is 5.95. The first-order valence-electron chi connectivity index (χ1n) is 5.13. The highest BCUT2D eigenvalue weighted by Gasteiger charge is 2.03. The molecule has 0 amide bonds. The molecule has 0 aliphatic rings. The highest BCUT2D eigenvalue weighted by molar-refractivity contribution is 6.17. The lowest BCUT2D eigenvalue weighted by Crippen LogP contribution is -2.31. The zero-order valence-corrected chi connectivity index (χ0v) is 9.37. The Morgan fingerprint density at radius 1 is 1.57 bits per heavy atom. The van der Waals surface area contributed by atoms with Gasteiger partial charge in [0, 0.05) is 30.9 Å². The number of alkyl halides is 1. The topological polar surface area (TPSA) is 29.9 Å². The van der Waals surface area contributed by atoms with Crippen molar-refractivity contribution in [2.45, 2.75) is 32.4 Å². The van der Waals surface area contributed by atoms with E-state index < -0.39 is 0 Å². The SMILES string of the molecule is CCC(CCCl)NCCn1cccn1. The van der Waals surface area contributed by atoms with Crippen molar-refractivity contribution in [3.05, 3.63) is 18.5 Å². The van der Waals surface area contributed by atoms with E-state index in [1.165, 1.54) is 0 Å². The third-order valence-corrected chi connectivity index (χ3v) is 2.50. The largest absolute Gasteiger partial charge is 0.312 e. The minimum atomic E-state index is 0.545. The van der Waals surface area contributed by atoms with Gasteiger partial charge in [-0.05, 0) is 18.9 Å². The van der Waals surface area contributed by atoms with Crippen molar-refractivity contribution >= 4 is 11.6 Å². The van der Waals surface area contributed by atoms with Crippen LogP contribution in [0, 0.1) is 0 Å². The van der Waals surface area contributed by atoms with Gasteiger partial charge in [0.2, 0.25) is 0 Å². The van der Waals surface area contributed by atoms with Crippen LogP contribution in [0.4, 0.5) is 0 Å². The van der Waals surface area contributed by atoms with Crippen molar-refractivity contribution in [2.24, 2.45) is 0 Å². The van der Waals surface area contributed by atoms with E-state index >= 15 is 0 Å². The Morgan fingerprint density at radius 2 is 2.43 bits per heavy atom. The molecule has 0 aliphatic carbocycles. The molecule has 4 heteroatoms. The fourth-order valence-electron chi connectivity index (χ4n) is 1.40. The summed E-state index contributed by atoms with van der Waals surface area (Å²) < 4.78 is 1.93. The van der Waals surface area contributed by atoms with Crippen LogP contribution in [-0.2, 0) is 6.54 Å². The molecule has 1 heterocycles. The molecule has 1 aromatic heterocycles. The van der Waals surface area contributed by atoms with Crippen LogP contribution >= 0.6 is 11.6 Å². The summed E-state index contributed by atoms with van der Waals surface area (Å²) in [5.74, 6) is 0.729. The average molecular weight is 216 g/mol. The van der Waals surface area contributed by atoms with Crippen LogP contribution in [0.1, 0.15) is 19.8 Å². The maximum atomic E-state index is 5.70. The molecule has 0 fully saturated rings. The van der Waals surface area contributed by atoms with Crippen molar-refractivity contribution in [1.82, 2.24) is 15.1 Å². The quantitative estimate of drug-likeness (QED) is 0.704. The van der Waals surface area contributed by atoms with E-state index in [-0.39, 0.29) is 0 Å². The number of halogens is 1. The average Bonchev–Trinajstić information content (AvgIpc) is 2.69. The first-order chi connectivity index (χ1) is 6.86. The summed E-state index contributed by atoms with van der Waals surface area (Å²) in [6.45, 7) is 4.06. The van der Waals surface area contributed by atoms with E-state index in [1.54, 1.807) is 6.20 Å². The fraction of sp³-hybridized carbons (Fsp3) is 0.700. The minimum absolute atomic E-state index is 0.545. The molecule has 1 rings (SSSR count). The molecular weight excluding hydrogens is 198 g/mol. The van der Waals surface area contributed by atoms with Gasteiger partial charge in [-0.1, -0.05) is 6.92 Å². The van der Waals surface area contributed by atoms with Gasteiger partial charge in [-0.3, -0.25) is 4.68 Å². The maximum absolute atomic E-state index is 5.70. The number of aromatic nitrogens is 2. The van der Waals surface area contributed by atoms with Gasteiger partial charge in [-0.15, -0.1) is 11.6 Å². The van der Waals surface area contributed by atoms with E-state index in [1.807, 2.05) is 16.9 Å². The summed E-state index contributed by atoms with van der Waals surface area (Å²) in [5, 5.41) is 7.60. The fourth-order valence-corrected chi connectivity index (χ4v) is 1.66. The lowest BCUT2D eigenvalue weighted by Gasteiger charge is -2.15. The van der Waals surface area contributed by atoms with Crippen molar-refractivity contribution in [3.63, 3.8) is 0 Å². The van der Waals surface area contributed by atoms with Crippen molar-refractivity contribution in [3.8, 4) is 0 Å². The van der Waals surface area contributed by atoms with Crippen LogP contribution in [0.3, 0.4) is 0 Å². The lowest BCUT2D eigenvalue weighted by atomic mass is 10.2. The zero-order valence-electron chi connectivity index (χ0n) is 8.62. The molecule has 0 bridgehead atoms. The summed E-state index contributed by atoms with van der Waals surface area (Å²) in [4.78, 5) is 0. The second-order valence-corrected chi connectivity index (χ2v) is 3.68. The molecular formula is C10H18ClN3. The Labute approximate surface area is 90.4 Å². The smallest absolute Gasteiger partial charge is 0.0534 e. The number of rotatable bonds is 7. The monoisotopic (exact) mass is 215 g/mol. The predicted molar refractivity (Wildman–Crippen MR) is 59.6 cm³/mol. The standard InChI is InChI=1S/C10H18ClN3/c1-2-10(4-5-11)12-7-9-14-8-3-6-13-14/h3,6,8,10,12H,2,4-5,7,9H2,1H3. The third-order valence-electron chi connectivity index (χ3n) is 2.28. The van der Waals surface area contributed by atoms with Crippen LogP contribution < -0.4 is 5.32 Å². The molecule has 3 nitrogen and oxygen atoms in total. The second-order valence-electron chi connectivity index (χ2n) is 3.31. The Hall–Kier alpha value is -0.540. The van der Waals surface area contributed by atoms with Gasteiger partial charge < -0.3 is 5.32 Å². The molecule has 14 heavy (non-hydrogen) atoms. The normalized spacial score (nSPS) is 13.0. The number of hydrogen-bond donors (Lipinski definition) is 1. The van der Waals surface area contributed by atoms with Crippen LogP contribution in [0.2, 0.25) is 0 Å². The predicted octanol–water partition coefficient (Wildman–Crippen LogP) is 1.88. The molecule has 0 saturated heterocycles. The van der Waals surface area contributed by atoms with Gasteiger partial charge in [0.25, 0.3) is 0 Å². The lowest BCUT2D eigenvalue weighted by molar-refractivity contribution is 0.456. The van der Waals surface area contributed by atoms with Gasteiger partial charge in [0.05, 0.1) is 6.54 Å². The van der Waals surface area contributed by atoms with E-state index in [0.717, 1.165) is 31.8 Å². The summed E-state index contributed by atoms with van der Waals surface area (Å²) in [7, 11) is 0. The van der Waals surface area contributed by atoms with Crippen molar-refractivity contribution < 1.29 is 0 Å². The zero-order chi connectivity index (χ0) is 10.2. The van der Waals surface area contributed by atoms with Gasteiger partial charge in [0.1, 0.15) is 0 Å². The molecule has 1 atom stereocenters. The van der Waals surface area contributed by atoms with Gasteiger partial charge in [-0.25, -0.2) is 0 Å². The summed E-state index contributed by atoms with van der Waals surface area (Å²) in [5.41, 5.74) is 0. The Bertz CT molecular complexity index is 223. The van der Waals surface area contributed by atoms with Crippen molar-refractivity contribution in [2.75, 3.05) is 12.4 Å². The first-order valence-corrected chi connectivity index (χ1v) is 5.67. The number of hydrogen-bond acceptors (Lipinski definition) is 2. The minimum Gasteiger partial charge on any atom is -0.312 e. The second kappa shape index (κ2) is 6.85. The molecule has 1 aromatic rings. The van der Waals surface area contributed by atoms with Crippen LogP contribution in [0.5, 0.6) is 0 Å². The highest BCUT2D eigenvalue weighted by atomic mass is 35.5. The van der Waals surface area contributed by atoms with Crippen LogP contribution in [0.15, 0.2) is 18.5 Å². The molecule has 0 aromatic carbocycles. The Balaban J connectivity index is 2.13. The Kier molecular flexibility index (Phi) is 5.64. The highest BCUT2D eigenvalue weighted by Crippen LogP contribution is 1.98. The van der Waals surface area contributed by atoms with Crippen molar-refractivity contribution in [1.29, 1.82) is 0 Å². The molecule has 0 aliphatic heterocycles.